The quantitative estimate of drug-likeness (QED) is 0.408. The van der Waals surface area contributed by atoms with Gasteiger partial charge in [-0.1, -0.05) is 30.3 Å². The number of nitrogens with zero attached hydrogens (tertiary/aromatic N) is 1. The summed E-state index contributed by atoms with van der Waals surface area (Å²) in [7, 11) is 0. The van der Waals surface area contributed by atoms with Crippen molar-refractivity contribution in [2.45, 2.75) is 31.0 Å². The molecule has 9 heteroatoms. The molecule has 0 bridgehead atoms. The molecule has 1 saturated heterocycles. The van der Waals surface area contributed by atoms with Crippen LogP contribution >= 0.6 is 0 Å². The first-order valence-electron chi connectivity index (χ1n) is 7.81. The van der Waals surface area contributed by atoms with Gasteiger partial charge in [0.15, 0.2) is 5.82 Å². The molecule has 1 aliphatic rings. The zero-order chi connectivity index (χ0) is 18.0. The lowest BCUT2D eigenvalue weighted by Crippen LogP contribution is -2.32. The number of amides is 1. The summed E-state index contributed by atoms with van der Waals surface area (Å²) in [5, 5.41) is 31.7. The van der Waals surface area contributed by atoms with Crippen LogP contribution in [0.5, 0.6) is 0 Å². The number of imidazole rings is 1. The van der Waals surface area contributed by atoms with Crippen LogP contribution in [0.2, 0.25) is 0 Å². The maximum Gasteiger partial charge on any atom is 0.271 e. The second kappa shape index (κ2) is 7.19. The van der Waals surface area contributed by atoms with E-state index in [-0.39, 0.29) is 17.3 Å². The Morgan fingerprint density at radius 1 is 1.28 bits per heavy atom. The molecular weight excluding hydrogens is 328 g/mol. The van der Waals surface area contributed by atoms with Crippen LogP contribution in [0.15, 0.2) is 30.3 Å². The zero-order valence-electron chi connectivity index (χ0n) is 13.3. The number of hydrogen-bond acceptors (Lipinski definition) is 7. The van der Waals surface area contributed by atoms with E-state index in [9.17, 15) is 15.0 Å². The number of aromatic amines is 1. The Balaban J connectivity index is 1.71. The normalized spacial score (nSPS) is 25.9. The lowest BCUT2D eigenvalue weighted by atomic mass is 10.1. The van der Waals surface area contributed by atoms with Gasteiger partial charge in [-0.25, -0.2) is 4.98 Å². The van der Waals surface area contributed by atoms with E-state index in [4.69, 9.17) is 15.6 Å². The number of nitrogens with two attached hydrogens (primary N) is 1. The minimum absolute atomic E-state index is 0.0432. The smallest absolute Gasteiger partial charge is 0.271 e. The van der Waals surface area contributed by atoms with E-state index in [1.54, 1.807) is 0 Å². The third kappa shape index (κ3) is 3.49. The zero-order valence-corrected chi connectivity index (χ0v) is 13.3. The monoisotopic (exact) mass is 348 g/mol. The first kappa shape index (κ1) is 17.4. The van der Waals surface area contributed by atoms with E-state index in [1.165, 1.54) is 0 Å². The molecule has 0 saturated carbocycles. The van der Waals surface area contributed by atoms with Crippen LogP contribution in [-0.2, 0) is 11.3 Å². The molecule has 1 aromatic carbocycles. The number of aliphatic hydroxyl groups is 3. The fraction of sp³-hybridized carbons (Fsp3) is 0.375. The minimum Gasteiger partial charge on any atom is -0.394 e. The van der Waals surface area contributed by atoms with Gasteiger partial charge in [0.25, 0.3) is 5.91 Å². The Kier molecular flexibility index (Phi) is 5.00. The predicted octanol–water partition coefficient (Wildman–Crippen LogP) is -0.924. The molecular formula is C16H20N4O5. The number of carbonyl (C=O) groups excluding carboxylic acids is 1. The average Bonchev–Trinajstić information content (AvgIpc) is 3.14. The molecule has 3 rings (SSSR count). The molecule has 1 aliphatic heterocycles. The lowest BCUT2D eigenvalue weighted by molar-refractivity contribution is -0.0250. The number of H-pyrrole nitrogens is 1. The summed E-state index contributed by atoms with van der Waals surface area (Å²) in [6.45, 7) is -0.128. The summed E-state index contributed by atoms with van der Waals surface area (Å²) in [6.07, 6.45) is -4.48. The van der Waals surface area contributed by atoms with Crippen LogP contribution in [0.25, 0.3) is 0 Å². The van der Waals surface area contributed by atoms with Crippen LogP contribution in [0.3, 0.4) is 0 Å². The summed E-state index contributed by atoms with van der Waals surface area (Å²) < 4.78 is 5.37. The van der Waals surface area contributed by atoms with Crippen molar-refractivity contribution >= 4 is 11.7 Å². The second-order valence-corrected chi connectivity index (χ2v) is 5.81. The summed E-state index contributed by atoms with van der Waals surface area (Å²) in [5.74, 6) is -0.380. The van der Waals surface area contributed by atoms with Crippen LogP contribution in [0.4, 0.5) is 5.82 Å². The van der Waals surface area contributed by atoms with Crippen molar-refractivity contribution in [1.29, 1.82) is 0 Å². The third-order valence-corrected chi connectivity index (χ3v) is 4.08. The van der Waals surface area contributed by atoms with Gasteiger partial charge in [-0.05, 0) is 5.56 Å². The maximum atomic E-state index is 12.3. The van der Waals surface area contributed by atoms with Crippen molar-refractivity contribution in [1.82, 2.24) is 15.3 Å². The van der Waals surface area contributed by atoms with E-state index < -0.39 is 36.9 Å². The number of rotatable bonds is 5. The van der Waals surface area contributed by atoms with Crippen molar-refractivity contribution in [2.24, 2.45) is 0 Å². The number of nitrogens with one attached hydrogen (secondary N) is 2. The summed E-state index contributed by atoms with van der Waals surface area (Å²) in [6, 6.07) is 9.37. The average molecular weight is 348 g/mol. The highest BCUT2D eigenvalue weighted by Gasteiger charge is 2.44. The SMILES string of the molecule is Nc1nc([C@@H]2O[C@@H](CO)[C@@H](O)[C@@H]2O)[nH]c1C(=O)NCc1ccccc1. The molecule has 0 spiro atoms. The first-order valence-corrected chi connectivity index (χ1v) is 7.81. The molecule has 2 aromatic rings. The van der Waals surface area contributed by atoms with E-state index in [0.717, 1.165) is 5.56 Å². The molecule has 4 atom stereocenters. The molecule has 7 N–H and O–H groups in total. The van der Waals surface area contributed by atoms with Gasteiger partial charge in [0.2, 0.25) is 0 Å². The molecule has 1 amide bonds. The number of hydrogen-bond donors (Lipinski definition) is 6. The predicted molar refractivity (Wildman–Crippen MR) is 87.3 cm³/mol. The Morgan fingerprint density at radius 2 is 2.00 bits per heavy atom. The number of aromatic nitrogens is 2. The molecule has 25 heavy (non-hydrogen) atoms. The highest BCUT2D eigenvalue weighted by molar-refractivity contribution is 5.96. The first-order chi connectivity index (χ1) is 12.0. The van der Waals surface area contributed by atoms with Crippen LogP contribution in [0.1, 0.15) is 28.0 Å². The van der Waals surface area contributed by atoms with Gasteiger partial charge in [-0.3, -0.25) is 4.79 Å². The van der Waals surface area contributed by atoms with Gasteiger partial charge in [-0.15, -0.1) is 0 Å². The highest BCUT2D eigenvalue weighted by Crippen LogP contribution is 2.32. The number of nitrogen functional groups attached to an aromatic ring is 1. The van der Waals surface area contributed by atoms with E-state index in [0.29, 0.717) is 6.54 Å². The molecule has 0 unspecified atom stereocenters. The number of aliphatic hydroxyl groups excluding tert-OH is 3. The fourth-order valence-electron chi connectivity index (χ4n) is 2.71. The number of ether oxygens (including phenoxy) is 1. The largest absolute Gasteiger partial charge is 0.394 e. The van der Waals surface area contributed by atoms with Crippen LogP contribution in [-0.4, -0.2) is 56.1 Å². The number of carbonyl (C=O) groups is 1. The molecule has 1 fully saturated rings. The molecule has 134 valence electrons. The van der Waals surface area contributed by atoms with Gasteiger partial charge >= 0.3 is 0 Å². The third-order valence-electron chi connectivity index (χ3n) is 4.08. The Labute approximate surface area is 143 Å². The molecule has 2 heterocycles. The standard InChI is InChI=1S/C16H20N4O5/c17-14-10(16(24)18-6-8-4-2-1-3-5-8)19-15(20-14)13-12(23)11(22)9(7-21)25-13/h1-5,9,11-13,21-23H,6-7,17H2,(H,18,24)(H,19,20)/t9-,11+,12-,13+/m0/s1. The Hall–Kier alpha value is -2.46. The maximum absolute atomic E-state index is 12.3. The summed E-state index contributed by atoms with van der Waals surface area (Å²) >= 11 is 0. The number of anilines is 1. The van der Waals surface area contributed by atoms with E-state index in [1.807, 2.05) is 30.3 Å². The minimum atomic E-state index is -1.29. The summed E-state index contributed by atoms with van der Waals surface area (Å²) in [4.78, 5) is 19.0. The van der Waals surface area contributed by atoms with Gasteiger partial charge in [0.05, 0.1) is 6.61 Å². The van der Waals surface area contributed by atoms with Crippen LogP contribution in [0, 0.1) is 0 Å². The van der Waals surface area contributed by atoms with E-state index >= 15 is 0 Å². The van der Waals surface area contributed by atoms with Crippen molar-refractivity contribution in [2.75, 3.05) is 12.3 Å². The van der Waals surface area contributed by atoms with Crippen molar-refractivity contribution < 1.29 is 24.9 Å². The molecule has 1 aromatic heterocycles. The topological polar surface area (TPSA) is 154 Å². The van der Waals surface area contributed by atoms with Crippen molar-refractivity contribution in [3.05, 3.63) is 47.4 Å². The number of benzene rings is 1. The van der Waals surface area contributed by atoms with Gasteiger partial charge in [0.1, 0.15) is 35.9 Å². The van der Waals surface area contributed by atoms with Gasteiger partial charge in [-0.2, -0.15) is 0 Å². The van der Waals surface area contributed by atoms with Crippen molar-refractivity contribution in [3.8, 4) is 0 Å². The van der Waals surface area contributed by atoms with E-state index in [2.05, 4.69) is 15.3 Å². The van der Waals surface area contributed by atoms with Crippen molar-refractivity contribution in [3.63, 3.8) is 0 Å². The second-order valence-electron chi connectivity index (χ2n) is 5.81. The molecule has 0 aliphatic carbocycles. The lowest BCUT2D eigenvalue weighted by Gasteiger charge is -2.11. The fourth-order valence-corrected chi connectivity index (χ4v) is 2.71. The van der Waals surface area contributed by atoms with Gasteiger partial charge in [0, 0.05) is 6.54 Å². The Morgan fingerprint density at radius 3 is 2.64 bits per heavy atom. The highest BCUT2D eigenvalue weighted by atomic mass is 16.6. The van der Waals surface area contributed by atoms with Crippen LogP contribution < -0.4 is 11.1 Å². The molecule has 0 radical (unpaired) electrons. The summed E-state index contributed by atoms with van der Waals surface area (Å²) in [5.41, 5.74) is 6.75. The molecule has 9 nitrogen and oxygen atoms in total. The Bertz CT molecular complexity index is 735. The van der Waals surface area contributed by atoms with Gasteiger partial charge < -0.3 is 36.1 Å².